The van der Waals surface area contributed by atoms with Gasteiger partial charge in [-0.25, -0.2) is 13.2 Å². The first-order chi connectivity index (χ1) is 9.93. The maximum Gasteiger partial charge on any atom is 0.349 e. The van der Waals surface area contributed by atoms with E-state index >= 15 is 0 Å². The zero-order valence-corrected chi connectivity index (χ0v) is 13.1. The van der Waals surface area contributed by atoms with E-state index in [9.17, 15) is 13.2 Å². The molecular formula is C15H19NO4S. The van der Waals surface area contributed by atoms with Crippen molar-refractivity contribution in [1.29, 1.82) is 0 Å². The van der Waals surface area contributed by atoms with Crippen LogP contribution < -0.4 is 0 Å². The van der Waals surface area contributed by atoms with Gasteiger partial charge in [-0.2, -0.15) is 0 Å². The fourth-order valence-electron chi connectivity index (χ4n) is 1.48. The predicted octanol–water partition coefficient (Wildman–Crippen LogP) is 1.98. The molecule has 0 aliphatic carbocycles. The van der Waals surface area contributed by atoms with Crippen molar-refractivity contribution in [2.75, 3.05) is 20.7 Å². The molecule has 6 heteroatoms. The summed E-state index contributed by atoms with van der Waals surface area (Å²) in [6.45, 7) is 2.72. The number of hydrogen-bond acceptors (Lipinski definition) is 5. The van der Waals surface area contributed by atoms with Crippen molar-refractivity contribution in [3.05, 3.63) is 53.6 Å². The molecule has 114 valence electrons. The highest BCUT2D eigenvalue weighted by Gasteiger charge is 2.27. The number of ether oxygens (including phenoxy) is 1. The molecule has 0 spiro atoms. The Kier molecular flexibility index (Phi) is 6.17. The van der Waals surface area contributed by atoms with Gasteiger partial charge in [-0.15, -0.1) is 0 Å². The van der Waals surface area contributed by atoms with Crippen LogP contribution >= 0.6 is 0 Å². The van der Waals surface area contributed by atoms with Crippen LogP contribution in [0.2, 0.25) is 0 Å². The van der Waals surface area contributed by atoms with E-state index in [-0.39, 0.29) is 4.90 Å². The molecule has 0 saturated carbocycles. The lowest BCUT2D eigenvalue weighted by Crippen LogP contribution is -2.15. The summed E-state index contributed by atoms with van der Waals surface area (Å²) in [7, 11) is -0.908. The van der Waals surface area contributed by atoms with Gasteiger partial charge in [0, 0.05) is 13.6 Å². The molecule has 0 aliphatic heterocycles. The molecule has 1 rings (SSSR count). The van der Waals surface area contributed by atoms with E-state index in [0.29, 0.717) is 0 Å². The lowest BCUT2D eigenvalue weighted by Gasteiger charge is -2.09. The number of sulfone groups is 1. The molecule has 0 atom stereocenters. The topological polar surface area (TPSA) is 63.7 Å². The molecular weight excluding hydrogens is 290 g/mol. The minimum atomic E-state index is -3.90. The summed E-state index contributed by atoms with van der Waals surface area (Å²) < 4.78 is 29.5. The summed E-state index contributed by atoms with van der Waals surface area (Å²) in [5.74, 6) is -0.886. The van der Waals surface area contributed by atoms with E-state index < -0.39 is 20.7 Å². The van der Waals surface area contributed by atoms with Gasteiger partial charge in [0.2, 0.25) is 9.84 Å². The number of rotatable bonds is 6. The van der Waals surface area contributed by atoms with Crippen LogP contribution in [0.5, 0.6) is 0 Å². The third-order valence-electron chi connectivity index (χ3n) is 2.82. The SMILES string of the molecule is CCN(C)/C=C/C=C(/C(=O)OC)S(=O)(=O)c1ccccc1. The van der Waals surface area contributed by atoms with Crippen molar-refractivity contribution in [1.82, 2.24) is 4.90 Å². The van der Waals surface area contributed by atoms with Crippen molar-refractivity contribution in [2.24, 2.45) is 0 Å². The van der Waals surface area contributed by atoms with Crippen LogP contribution in [-0.4, -0.2) is 40.0 Å². The van der Waals surface area contributed by atoms with Crippen molar-refractivity contribution in [2.45, 2.75) is 11.8 Å². The number of allylic oxidation sites excluding steroid dienone is 2. The molecule has 0 amide bonds. The van der Waals surface area contributed by atoms with Crippen LogP contribution in [0, 0.1) is 0 Å². The summed E-state index contributed by atoms with van der Waals surface area (Å²) in [5.41, 5.74) is 0. The second-order valence-corrected chi connectivity index (χ2v) is 6.17. The average Bonchev–Trinajstić information content (AvgIpc) is 2.51. The molecule has 0 unspecified atom stereocenters. The van der Waals surface area contributed by atoms with E-state index in [4.69, 9.17) is 0 Å². The van der Waals surface area contributed by atoms with Gasteiger partial charge >= 0.3 is 5.97 Å². The van der Waals surface area contributed by atoms with Gasteiger partial charge in [0.25, 0.3) is 0 Å². The summed E-state index contributed by atoms with van der Waals surface area (Å²) in [6, 6.07) is 7.78. The molecule has 0 bridgehead atoms. The Labute approximate surface area is 125 Å². The molecule has 0 N–H and O–H groups in total. The Hall–Kier alpha value is -2.08. The van der Waals surface area contributed by atoms with Gasteiger partial charge in [-0.3, -0.25) is 0 Å². The number of carbonyl (C=O) groups is 1. The van der Waals surface area contributed by atoms with Crippen molar-refractivity contribution >= 4 is 15.8 Å². The van der Waals surface area contributed by atoms with Gasteiger partial charge in [-0.05, 0) is 37.4 Å². The highest BCUT2D eigenvalue weighted by molar-refractivity contribution is 7.96. The lowest BCUT2D eigenvalue weighted by atomic mass is 10.4. The van der Waals surface area contributed by atoms with Crippen LogP contribution in [0.1, 0.15) is 6.92 Å². The van der Waals surface area contributed by atoms with Gasteiger partial charge in [0.15, 0.2) is 4.91 Å². The minimum absolute atomic E-state index is 0.0545. The fraction of sp³-hybridized carbons (Fsp3) is 0.267. The standard InChI is InChI=1S/C15H19NO4S/c1-4-16(2)12-8-11-14(15(17)20-3)21(18,19)13-9-6-5-7-10-13/h5-12H,4H2,1-3H3/b12-8+,14-11-. The van der Waals surface area contributed by atoms with Gasteiger partial charge in [-0.1, -0.05) is 18.2 Å². The molecule has 0 saturated heterocycles. The quantitative estimate of drug-likeness (QED) is 0.457. The van der Waals surface area contributed by atoms with E-state index in [1.165, 1.54) is 24.3 Å². The summed E-state index contributed by atoms with van der Waals surface area (Å²) in [5, 5.41) is 0. The molecule has 0 fully saturated rings. The second-order valence-electron chi connectivity index (χ2n) is 4.25. The highest BCUT2D eigenvalue weighted by Crippen LogP contribution is 2.20. The molecule has 0 radical (unpaired) electrons. The summed E-state index contributed by atoms with van der Waals surface area (Å²) in [4.78, 5) is 13.3. The Balaban J connectivity index is 3.23. The smallest absolute Gasteiger partial charge is 0.349 e. The maximum absolute atomic E-state index is 12.5. The number of hydrogen-bond donors (Lipinski definition) is 0. The van der Waals surface area contributed by atoms with E-state index in [1.54, 1.807) is 24.4 Å². The van der Waals surface area contributed by atoms with E-state index in [1.807, 2.05) is 18.9 Å². The zero-order chi connectivity index (χ0) is 15.9. The maximum atomic E-state index is 12.5. The number of methoxy groups -OCH3 is 1. The molecule has 0 aliphatic rings. The minimum Gasteiger partial charge on any atom is -0.465 e. The number of nitrogens with zero attached hydrogens (tertiary/aromatic N) is 1. The van der Waals surface area contributed by atoms with Crippen LogP contribution in [0.15, 0.2) is 58.5 Å². The van der Waals surface area contributed by atoms with Crippen molar-refractivity contribution < 1.29 is 17.9 Å². The Bertz CT molecular complexity index is 633. The average molecular weight is 309 g/mol. The molecule has 0 heterocycles. The largest absolute Gasteiger partial charge is 0.465 e. The monoisotopic (exact) mass is 309 g/mol. The first-order valence-electron chi connectivity index (χ1n) is 6.40. The molecule has 5 nitrogen and oxygen atoms in total. The van der Waals surface area contributed by atoms with Crippen LogP contribution in [0.3, 0.4) is 0 Å². The van der Waals surface area contributed by atoms with Gasteiger partial charge in [0.05, 0.1) is 12.0 Å². The first kappa shape index (κ1) is 17.0. The third kappa shape index (κ3) is 4.46. The van der Waals surface area contributed by atoms with E-state index in [2.05, 4.69) is 4.74 Å². The molecule has 1 aromatic rings. The Morgan fingerprint density at radius 2 is 1.90 bits per heavy atom. The lowest BCUT2D eigenvalue weighted by molar-refractivity contribution is -0.135. The number of carbonyl (C=O) groups excluding carboxylic acids is 1. The second kappa shape index (κ2) is 7.64. The predicted molar refractivity (Wildman–Crippen MR) is 81.2 cm³/mol. The van der Waals surface area contributed by atoms with Gasteiger partial charge in [0.1, 0.15) is 0 Å². The van der Waals surface area contributed by atoms with Crippen molar-refractivity contribution in [3.8, 4) is 0 Å². The van der Waals surface area contributed by atoms with Gasteiger partial charge < -0.3 is 9.64 Å². The molecule has 21 heavy (non-hydrogen) atoms. The van der Waals surface area contributed by atoms with Crippen molar-refractivity contribution in [3.63, 3.8) is 0 Å². The Morgan fingerprint density at radius 3 is 2.43 bits per heavy atom. The van der Waals surface area contributed by atoms with Crippen LogP contribution in [0.4, 0.5) is 0 Å². The molecule has 1 aromatic carbocycles. The summed E-state index contributed by atoms with van der Waals surface area (Å²) >= 11 is 0. The Morgan fingerprint density at radius 1 is 1.29 bits per heavy atom. The number of esters is 1. The van der Waals surface area contributed by atoms with Crippen LogP contribution in [0.25, 0.3) is 0 Å². The normalized spacial score (nSPS) is 12.4. The zero-order valence-electron chi connectivity index (χ0n) is 12.3. The van der Waals surface area contributed by atoms with E-state index in [0.717, 1.165) is 13.7 Å². The molecule has 0 aromatic heterocycles. The summed E-state index contributed by atoms with van der Waals surface area (Å²) in [6.07, 6.45) is 4.44. The van der Waals surface area contributed by atoms with Crippen LogP contribution in [-0.2, 0) is 19.4 Å². The first-order valence-corrected chi connectivity index (χ1v) is 7.89. The fourth-order valence-corrected chi connectivity index (χ4v) is 2.81. The third-order valence-corrected chi connectivity index (χ3v) is 4.59. The highest BCUT2D eigenvalue weighted by atomic mass is 32.2. The number of benzene rings is 1.